The average Bonchev–Trinajstić information content (AvgIpc) is 3.16. The van der Waals surface area contributed by atoms with Gasteiger partial charge in [-0.1, -0.05) is 30.3 Å². The van der Waals surface area contributed by atoms with Crippen molar-refractivity contribution >= 4 is 33.1 Å². The molecule has 1 amide bonds. The number of carbonyl (C=O) groups is 1. The van der Waals surface area contributed by atoms with Crippen LogP contribution in [-0.2, 0) is 23.9 Å². The highest BCUT2D eigenvalue weighted by Gasteiger charge is 2.29. The number of alkyl halides is 3. The summed E-state index contributed by atoms with van der Waals surface area (Å²) in [6, 6.07) is 11.9. The van der Waals surface area contributed by atoms with Crippen molar-refractivity contribution < 1.29 is 18.0 Å². The number of thiazole rings is 1. The van der Waals surface area contributed by atoms with Crippen molar-refractivity contribution in [3.63, 3.8) is 0 Å². The Labute approximate surface area is 178 Å². The van der Waals surface area contributed by atoms with Crippen molar-refractivity contribution in [2.45, 2.75) is 19.1 Å². The molecule has 158 valence electrons. The normalized spacial score (nSPS) is 11.6. The van der Waals surface area contributed by atoms with E-state index in [-0.39, 0.29) is 12.1 Å². The van der Waals surface area contributed by atoms with Gasteiger partial charge in [-0.05, 0) is 23.8 Å². The zero-order chi connectivity index (χ0) is 22.0. The molecule has 0 aliphatic carbocycles. The van der Waals surface area contributed by atoms with Crippen LogP contribution in [-0.4, -0.2) is 20.7 Å². The van der Waals surface area contributed by atoms with Crippen LogP contribution in [0.3, 0.4) is 0 Å². The number of hydrogen-bond acceptors (Lipinski definition) is 5. The molecule has 0 aliphatic rings. The molecule has 1 N–H and O–H groups in total. The third-order valence-corrected chi connectivity index (χ3v) is 5.43. The third kappa shape index (κ3) is 4.80. The van der Waals surface area contributed by atoms with E-state index in [0.29, 0.717) is 27.9 Å². The lowest BCUT2D eigenvalue weighted by molar-refractivity contribution is -0.137. The number of nitrogens with one attached hydrogen (secondary N) is 1. The van der Waals surface area contributed by atoms with E-state index in [1.54, 1.807) is 30.5 Å². The first kappa shape index (κ1) is 20.7. The first-order valence-corrected chi connectivity index (χ1v) is 9.97. The SMILES string of the molecule is O=C(Cn1ncc2ccccc2c1=O)Nc1ncc(Cc2ccc(C(F)(F)F)cc2)s1. The van der Waals surface area contributed by atoms with Gasteiger partial charge in [-0.25, -0.2) is 9.67 Å². The fourth-order valence-corrected chi connectivity index (χ4v) is 3.86. The summed E-state index contributed by atoms with van der Waals surface area (Å²) in [4.78, 5) is 29.7. The third-order valence-electron chi connectivity index (χ3n) is 4.51. The van der Waals surface area contributed by atoms with Gasteiger partial charge in [-0.3, -0.25) is 9.59 Å². The molecule has 31 heavy (non-hydrogen) atoms. The number of hydrogen-bond donors (Lipinski definition) is 1. The van der Waals surface area contributed by atoms with Crippen molar-refractivity contribution in [1.29, 1.82) is 0 Å². The number of nitrogens with zero attached hydrogens (tertiary/aromatic N) is 3. The van der Waals surface area contributed by atoms with Crippen molar-refractivity contribution in [3.8, 4) is 0 Å². The molecule has 0 radical (unpaired) electrons. The van der Waals surface area contributed by atoms with E-state index in [2.05, 4.69) is 15.4 Å². The minimum atomic E-state index is -4.37. The van der Waals surface area contributed by atoms with Crippen LogP contribution in [0.5, 0.6) is 0 Å². The topological polar surface area (TPSA) is 76.9 Å². The largest absolute Gasteiger partial charge is 0.416 e. The van der Waals surface area contributed by atoms with Gasteiger partial charge < -0.3 is 5.32 Å². The van der Waals surface area contributed by atoms with Crippen LogP contribution >= 0.6 is 11.3 Å². The Morgan fingerprint density at radius 1 is 1.06 bits per heavy atom. The molecule has 4 rings (SSSR count). The second-order valence-electron chi connectivity index (χ2n) is 6.75. The highest BCUT2D eigenvalue weighted by molar-refractivity contribution is 7.15. The van der Waals surface area contributed by atoms with E-state index in [1.165, 1.54) is 29.7 Å². The van der Waals surface area contributed by atoms with Gasteiger partial charge in [0, 0.05) is 22.9 Å². The lowest BCUT2D eigenvalue weighted by atomic mass is 10.1. The molecule has 2 heterocycles. The molecule has 4 aromatic rings. The molecule has 10 heteroatoms. The van der Waals surface area contributed by atoms with Crippen LogP contribution < -0.4 is 10.9 Å². The van der Waals surface area contributed by atoms with Gasteiger partial charge in [-0.15, -0.1) is 11.3 Å². The maximum absolute atomic E-state index is 12.7. The quantitative estimate of drug-likeness (QED) is 0.503. The van der Waals surface area contributed by atoms with Crippen LogP contribution in [0.15, 0.2) is 65.7 Å². The number of benzene rings is 2. The molecule has 2 aromatic heterocycles. The molecular formula is C21H15F3N4O2S. The highest BCUT2D eigenvalue weighted by Crippen LogP contribution is 2.30. The minimum Gasteiger partial charge on any atom is -0.300 e. The van der Waals surface area contributed by atoms with E-state index in [9.17, 15) is 22.8 Å². The van der Waals surface area contributed by atoms with Crippen molar-refractivity contribution in [2.24, 2.45) is 0 Å². The number of amides is 1. The predicted octanol–water partition coefficient (Wildman–Crippen LogP) is 4.10. The van der Waals surface area contributed by atoms with Gasteiger partial charge in [-0.2, -0.15) is 18.3 Å². The monoisotopic (exact) mass is 444 g/mol. The first-order chi connectivity index (χ1) is 14.8. The number of aromatic nitrogens is 3. The summed E-state index contributed by atoms with van der Waals surface area (Å²) in [7, 11) is 0. The maximum Gasteiger partial charge on any atom is 0.416 e. The molecule has 0 atom stereocenters. The fraction of sp³-hybridized carbons (Fsp3) is 0.143. The summed E-state index contributed by atoms with van der Waals surface area (Å²) in [6.07, 6.45) is -0.909. The number of anilines is 1. The smallest absolute Gasteiger partial charge is 0.300 e. The summed E-state index contributed by atoms with van der Waals surface area (Å²) in [5.74, 6) is -0.458. The van der Waals surface area contributed by atoms with Gasteiger partial charge in [0.1, 0.15) is 6.54 Å². The summed E-state index contributed by atoms with van der Waals surface area (Å²) in [5, 5.41) is 8.14. The molecule has 0 spiro atoms. The van der Waals surface area contributed by atoms with E-state index in [4.69, 9.17) is 0 Å². The summed E-state index contributed by atoms with van der Waals surface area (Å²) in [5.41, 5.74) is -0.372. The van der Waals surface area contributed by atoms with Crippen molar-refractivity contribution in [1.82, 2.24) is 14.8 Å². The lowest BCUT2D eigenvalue weighted by Crippen LogP contribution is -2.29. The number of fused-ring (bicyclic) bond motifs is 1. The number of rotatable bonds is 5. The van der Waals surface area contributed by atoms with E-state index < -0.39 is 17.6 Å². The molecule has 6 nitrogen and oxygen atoms in total. The van der Waals surface area contributed by atoms with Gasteiger partial charge in [0.05, 0.1) is 17.1 Å². The molecule has 0 bridgehead atoms. The Morgan fingerprint density at radius 3 is 2.55 bits per heavy atom. The second-order valence-corrected chi connectivity index (χ2v) is 7.86. The summed E-state index contributed by atoms with van der Waals surface area (Å²) >= 11 is 1.21. The second kappa shape index (κ2) is 8.31. The number of carbonyl (C=O) groups excluding carboxylic acids is 1. The zero-order valence-corrected chi connectivity index (χ0v) is 16.7. The Kier molecular flexibility index (Phi) is 5.55. The van der Waals surface area contributed by atoms with Gasteiger partial charge >= 0.3 is 6.18 Å². The minimum absolute atomic E-state index is 0.266. The van der Waals surface area contributed by atoms with Crippen LogP contribution in [0.1, 0.15) is 16.0 Å². The van der Waals surface area contributed by atoms with Crippen molar-refractivity contribution in [3.05, 3.63) is 87.3 Å². The van der Waals surface area contributed by atoms with Gasteiger partial charge in [0.15, 0.2) is 5.13 Å². The van der Waals surface area contributed by atoms with E-state index in [0.717, 1.165) is 21.7 Å². The predicted molar refractivity (Wildman–Crippen MR) is 111 cm³/mol. The molecule has 2 aromatic carbocycles. The Morgan fingerprint density at radius 2 is 1.81 bits per heavy atom. The Hall–Kier alpha value is -3.53. The van der Waals surface area contributed by atoms with E-state index in [1.807, 2.05) is 0 Å². The molecule has 0 saturated heterocycles. The van der Waals surface area contributed by atoms with Crippen molar-refractivity contribution in [2.75, 3.05) is 5.32 Å². The molecular weight excluding hydrogens is 429 g/mol. The van der Waals surface area contributed by atoms with Crippen LogP contribution in [0.25, 0.3) is 10.8 Å². The summed E-state index contributed by atoms with van der Waals surface area (Å²) < 4.78 is 39.0. The molecule has 0 aliphatic heterocycles. The first-order valence-electron chi connectivity index (χ1n) is 9.15. The molecule has 0 unspecified atom stereocenters. The highest BCUT2D eigenvalue weighted by atomic mass is 32.1. The molecule has 0 fully saturated rings. The number of halogens is 3. The van der Waals surface area contributed by atoms with Crippen LogP contribution in [0.4, 0.5) is 18.3 Å². The van der Waals surface area contributed by atoms with Gasteiger partial charge in [0.2, 0.25) is 5.91 Å². The van der Waals surface area contributed by atoms with Crippen LogP contribution in [0, 0.1) is 0 Å². The standard InChI is InChI=1S/C21H15F3N4O2S/c22-21(23,24)15-7-5-13(6-8-15)9-16-11-25-20(31-16)27-18(29)12-28-19(30)17-4-2-1-3-14(17)10-26-28/h1-8,10-11H,9,12H2,(H,25,27,29). The van der Waals surface area contributed by atoms with Gasteiger partial charge in [0.25, 0.3) is 5.56 Å². The van der Waals surface area contributed by atoms with Crippen LogP contribution in [0.2, 0.25) is 0 Å². The Bertz CT molecular complexity index is 1300. The summed E-state index contributed by atoms with van der Waals surface area (Å²) in [6.45, 7) is -0.266. The average molecular weight is 444 g/mol. The Balaban J connectivity index is 1.40. The lowest BCUT2D eigenvalue weighted by Gasteiger charge is -2.07. The molecule has 0 saturated carbocycles. The zero-order valence-electron chi connectivity index (χ0n) is 15.9. The van der Waals surface area contributed by atoms with E-state index >= 15 is 0 Å². The fourth-order valence-electron chi connectivity index (χ4n) is 2.99. The maximum atomic E-state index is 12.7.